The molecular weight excluding hydrogens is 226 g/mol. The Bertz CT molecular complexity index is 343. The van der Waals surface area contributed by atoms with Crippen LogP contribution in [-0.4, -0.2) is 56.1 Å². The minimum atomic E-state index is 0.903. The molecule has 1 aromatic heterocycles. The summed E-state index contributed by atoms with van der Waals surface area (Å²) in [7, 11) is 2.16. The second-order valence-corrected chi connectivity index (χ2v) is 5.20. The third-order valence-electron chi connectivity index (χ3n) is 3.45. The van der Waals surface area contributed by atoms with Crippen LogP contribution < -0.4 is 5.32 Å². The van der Waals surface area contributed by atoms with Gasteiger partial charge in [0, 0.05) is 26.2 Å². The van der Waals surface area contributed by atoms with Gasteiger partial charge in [-0.1, -0.05) is 0 Å². The van der Waals surface area contributed by atoms with Crippen molar-refractivity contribution in [2.45, 2.75) is 19.9 Å². The zero-order valence-corrected chi connectivity index (χ0v) is 11.6. The molecule has 1 aliphatic rings. The summed E-state index contributed by atoms with van der Waals surface area (Å²) in [4.78, 5) is 4.88. The summed E-state index contributed by atoms with van der Waals surface area (Å²) in [6, 6.07) is 4.10. The average Bonchev–Trinajstić information content (AvgIpc) is 2.62. The number of likely N-dealkylation sites (N-methyl/N-ethyl adjacent to an activating group) is 1. The predicted molar refractivity (Wildman–Crippen MR) is 73.7 cm³/mol. The van der Waals surface area contributed by atoms with E-state index in [0.29, 0.717) is 0 Å². The lowest BCUT2D eigenvalue weighted by molar-refractivity contribution is 0.221. The molecule has 0 unspecified atom stereocenters. The van der Waals surface area contributed by atoms with Gasteiger partial charge in [0.15, 0.2) is 0 Å². The first-order chi connectivity index (χ1) is 8.74. The average molecular weight is 251 g/mol. The van der Waals surface area contributed by atoms with E-state index in [4.69, 9.17) is 4.42 Å². The van der Waals surface area contributed by atoms with E-state index in [2.05, 4.69) is 28.2 Å². The van der Waals surface area contributed by atoms with Gasteiger partial charge in [-0.2, -0.15) is 0 Å². The molecule has 1 fully saturated rings. The van der Waals surface area contributed by atoms with Crippen molar-refractivity contribution in [2.24, 2.45) is 0 Å². The molecule has 4 heteroatoms. The van der Waals surface area contributed by atoms with E-state index in [9.17, 15) is 0 Å². The molecule has 1 aromatic rings. The Morgan fingerprint density at radius 2 is 2.22 bits per heavy atom. The van der Waals surface area contributed by atoms with E-state index in [1.54, 1.807) is 0 Å². The minimum absolute atomic E-state index is 0.903. The van der Waals surface area contributed by atoms with Gasteiger partial charge in [0.05, 0.1) is 6.54 Å². The van der Waals surface area contributed by atoms with E-state index in [1.165, 1.54) is 19.5 Å². The molecule has 1 N–H and O–H groups in total. The number of nitrogens with one attached hydrogen (secondary N) is 1. The van der Waals surface area contributed by atoms with Crippen molar-refractivity contribution in [3.05, 3.63) is 23.7 Å². The summed E-state index contributed by atoms with van der Waals surface area (Å²) in [5, 5.41) is 3.44. The van der Waals surface area contributed by atoms with Crippen LogP contribution in [0.4, 0.5) is 0 Å². The Morgan fingerprint density at radius 3 is 3.00 bits per heavy atom. The Kier molecular flexibility index (Phi) is 5.23. The Labute approximate surface area is 110 Å². The standard InChI is InChI=1S/C14H25N3O/c1-13-4-5-14(18-13)12-16(2)10-11-17-8-3-6-15-7-9-17/h4-5,15H,3,6-12H2,1-2H3. The molecule has 0 bridgehead atoms. The Balaban J connectivity index is 1.69. The van der Waals surface area contributed by atoms with Crippen molar-refractivity contribution >= 4 is 0 Å². The summed E-state index contributed by atoms with van der Waals surface area (Å²) < 4.78 is 5.60. The number of furan rings is 1. The molecule has 18 heavy (non-hydrogen) atoms. The monoisotopic (exact) mass is 251 g/mol. The fourth-order valence-corrected chi connectivity index (χ4v) is 2.35. The lowest BCUT2D eigenvalue weighted by atomic mass is 10.3. The number of hydrogen-bond acceptors (Lipinski definition) is 4. The highest BCUT2D eigenvalue weighted by Crippen LogP contribution is 2.08. The van der Waals surface area contributed by atoms with Crippen LogP contribution in [0.2, 0.25) is 0 Å². The zero-order valence-electron chi connectivity index (χ0n) is 11.6. The van der Waals surface area contributed by atoms with Crippen LogP contribution in [0.1, 0.15) is 17.9 Å². The lowest BCUT2D eigenvalue weighted by Crippen LogP contribution is -2.35. The van der Waals surface area contributed by atoms with Crippen LogP contribution in [-0.2, 0) is 6.54 Å². The second kappa shape index (κ2) is 6.92. The number of aryl methyl sites for hydroxylation is 1. The molecule has 2 heterocycles. The van der Waals surface area contributed by atoms with Crippen LogP contribution in [0.15, 0.2) is 16.5 Å². The minimum Gasteiger partial charge on any atom is -0.465 e. The van der Waals surface area contributed by atoms with E-state index in [-0.39, 0.29) is 0 Å². The van der Waals surface area contributed by atoms with Crippen LogP contribution in [0.3, 0.4) is 0 Å². The van der Waals surface area contributed by atoms with E-state index < -0.39 is 0 Å². The molecule has 0 amide bonds. The summed E-state index contributed by atoms with van der Waals surface area (Å²) in [5.41, 5.74) is 0. The quantitative estimate of drug-likeness (QED) is 0.855. The van der Waals surface area contributed by atoms with Gasteiger partial charge in [-0.05, 0) is 45.6 Å². The smallest absolute Gasteiger partial charge is 0.118 e. The molecule has 102 valence electrons. The zero-order chi connectivity index (χ0) is 12.8. The molecular formula is C14H25N3O. The SMILES string of the molecule is Cc1ccc(CN(C)CCN2CCCNCC2)o1. The van der Waals surface area contributed by atoms with Crippen molar-refractivity contribution in [3.63, 3.8) is 0 Å². The summed E-state index contributed by atoms with van der Waals surface area (Å²) in [5.74, 6) is 2.06. The molecule has 0 saturated carbocycles. The largest absolute Gasteiger partial charge is 0.465 e. The molecule has 0 spiro atoms. The van der Waals surface area contributed by atoms with E-state index in [0.717, 1.165) is 44.2 Å². The molecule has 0 aromatic carbocycles. The van der Waals surface area contributed by atoms with Gasteiger partial charge in [0.25, 0.3) is 0 Å². The summed E-state index contributed by atoms with van der Waals surface area (Å²) in [6.07, 6.45) is 1.26. The maximum atomic E-state index is 5.60. The lowest BCUT2D eigenvalue weighted by Gasteiger charge is -2.23. The number of hydrogen-bond donors (Lipinski definition) is 1. The van der Waals surface area contributed by atoms with Crippen LogP contribution in [0.5, 0.6) is 0 Å². The molecule has 4 nitrogen and oxygen atoms in total. The molecule has 0 aliphatic carbocycles. The summed E-state index contributed by atoms with van der Waals surface area (Å²) >= 11 is 0. The van der Waals surface area contributed by atoms with E-state index >= 15 is 0 Å². The maximum Gasteiger partial charge on any atom is 0.118 e. The molecule has 2 rings (SSSR count). The fourth-order valence-electron chi connectivity index (χ4n) is 2.35. The molecule has 1 aliphatic heterocycles. The van der Waals surface area contributed by atoms with Gasteiger partial charge in [0.2, 0.25) is 0 Å². The highest BCUT2D eigenvalue weighted by molar-refractivity contribution is 5.05. The molecule has 0 atom stereocenters. The first-order valence-corrected chi connectivity index (χ1v) is 6.91. The van der Waals surface area contributed by atoms with Crippen LogP contribution >= 0.6 is 0 Å². The summed E-state index contributed by atoms with van der Waals surface area (Å²) in [6.45, 7) is 9.83. The van der Waals surface area contributed by atoms with Crippen molar-refractivity contribution in [1.82, 2.24) is 15.1 Å². The van der Waals surface area contributed by atoms with Crippen molar-refractivity contribution in [2.75, 3.05) is 46.3 Å². The van der Waals surface area contributed by atoms with Crippen molar-refractivity contribution < 1.29 is 4.42 Å². The second-order valence-electron chi connectivity index (χ2n) is 5.20. The Hall–Kier alpha value is -0.840. The van der Waals surface area contributed by atoms with Crippen molar-refractivity contribution in [1.29, 1.82) is 0 Å². The fraction of sp³-hybridized carbons (Fsp3) is 0.714. The number of nitrogens with zero attached hydrogens (tertiary/aromatic N) is 2. The van der Waals surface area contributed by atoms with Gasteiger partial charge in [0.1, 0.15) is 11.5 Å². The van der Waals surface area contributed by atoms with Gasteiger partial charge in [-0.3, -0.25) is 4.90 Å². The topological polar surface area (TPSA) is 31.6 Å². The maximum absolute atomic E-state index is 5.60. The highest BCUT2D eigenvalue weighted by atomic mass is 16.3. The van der Waals surface area contributed by atoms with Crippen molar-refractivity contribution in [3.8, 4) is 0 Å². The van der Waals surface area contributed by atoms with Crippen LogP contribution in [0.25, 0.3) is 0 Å². The van der Waals surface area contributed by atoms with Crippen LogP contribution in [0, 0.1) is 6.92 Å². The Morgan fingerprint density at radius 1 is 1.33 bits per heavy atom. The molecule has 0 radical (unpaired) electrons. The predicted octanol–water partition coefficient (Wildman–Crippen LogP) is 1.32. The van der Waals surface area contributed by atoms with Gasteiger partial charge >= 0.3 is 0 Å². The number of rotatable bonds is 5. The van der Waals surface area contributed by atoms with Gasteiger partial charge < -0.3 is 14.6 Å². The third kappa shape index (κ3) is 4.44. The first kappa shape index (κ1) is 13.6. The normalized spacial score (nSPS) is 18.2. The highest BCUT2D eigenvalue weighted by Gasteiger charge is 2.10. The third-order valence-corrected chi connectivity index (χ3v) is 3.45. The van der Waals surface area contributed by atoms with Gasteiger partial charge in [-0.25, -0.2) is 0 Å². The van der Waals surface area contributed by atoms with E-state index in [1.807, 2.05) is 13.0 Å². The first-order valence-electron chi connectivity index (χ1n) is 6.91. The molecule has 1 saturated heterocycles. The van der Waals surface area contributed by atoms with Gasteiger partial charge in [-0.15, -0.1) is 0 Å².